The molecule has 0 bridgehead atoms. The number of carbonyl (C=O) groups excluding carboxylic acids is 3. The number of rotatable bonds is 10. The van der Waals surface area contributed by atoms with Crippen LogP contribution in [0.5, 0.6) is 17.2 Å². The number of imide groups is 1. The lowest BCUT2D eigenvalue weighted by Gasteiger charge is -2.16. The van der Waals surface area contributed by atoms with Gasteiger partial charge in [0.1, 0.15) is 12.3 Å². The maximum Gasteiger partial charge on any atom is 0.416 e. The van der Waals surface area contributed by atoms with Gasteiger partial charge in [0.15, 0.2) is 18.1 Å². The number of carboxylic acid groups (broad SMARTS) is 1. The Bertz CT molecular complexity index is 1350. The number of nitrogens with one attached hydrogen (secondary N) is 1. The molecule has 1 saturated heterocycles. The number of nitrogens with zero attached hydrogens (tertiary/aromatic N) is 1. The molecule has 15 heteroatoms. The molecule has 0 radical (unpaired) electrons. The molecule has 2 N–H and O–H groups in total. The molecule has 0 aromatic heterocycles. The molecule has 1 aliphatic heterocycles. The third-order valence-electron chi connectivity index (χ3n) is 4.95. The Kier molecular flexibility index (Phi) is 9.71. The van der Waals surface area contributed by atoms with Crippen molar-refractivity contribution in [2.45, 2.75) is 13.1 Å². The Morgan fingerprint density at radius 1 is 1.15 bits per heavy atom. The van der Waals surface area contributed by atoms with Gasteiger partial charge in [-0.1, -0.05) is 0 Å². The average Bonchev–Trinajstić information content (AvgIpc) is 3.10. The summed E-state index contributed by atoms with van der Waals surface area (Å²) in [5.41, 5.74) is -0.856. The second-order valence-corrected chi connectivity index (χ2v) is 9.83. The zero-order chi connectivity index (χ0) is 28.9. The Hall–Kier alpha value is -3.47. The second-order valence-electron chi connectivity index (χ2n) is 7.67. The van der Waals surface area contributed by atoms with Crippen LogP contribution < -0.4 is 19.5 Å². The number of alkyl halides is 3. The predicted molar refractivity (Wildman–Crippen MR) is 143 cm³/mol. The highest BCUT2D eigenvalue weighted by Gasteiger charge is 2.37. The summed E-state index contributed by atoms with van der Waals surface area (Å²) in [6.07, 6.45) is -3.27. The van der Waals surface area contributed by atoms with E-state index in [1.807, 2.05) is 22.6 Å². The zero-order valence-corrected chi connectivity index (χ0v) is 23.2. The Balaban J connectivity index is 1.79. The number of carboxylic acids is 1. The number of halogens is 4. The molecule has 0 spiro atoms. The highest BCUT2D eigenvalue weighted by Crippen LogP contribution is 2.38. The molecule has 208 valence electrons. The van der Waals surface area contributed by atoms with Crippen molar-refractivity contribution in [3.8, 4) is 17.2 Å². The van der Waals surface area contributed by atoms with Gasteiger partial charge in [-0.25, -0.2) is 4.79 Å². The van der Waals surface area contributed by atoms with E-state index in [0.717, 1.165) is 12.1 Å². The first-order valence-electron chi connectivity index (χ1n) is 10.9. The monoisotopic (exact) mass is 680 g/mol. The average molecular weight is 680 g/mol. The number of thioether (sulfide) groups is 1. The predicted octanol–water partition coefficient (Wildman–Crippen LogP) is 4.86. The van der Waals surface area contributed by atoms with Crippen molar-refractivity contribution in [3.05, 3.63) is 49.9 Å². The van der Waals surface area contributed by atoms with Gasteiger partial charge in [-0.2, -0.15) is 13.2 Å². The van der Waals surface area contributed by atoms with Gasteiger partial charge in [-0.05, 0) is 83.2 Å². The number of amides is 3. The van der Waals surface area contributed by atoms with Gasteiger partial charge >= 0.3 is 12.1 Å². The van der Waals surface area contributed by atoms with Crippen LogP contribution >= 0.6 is 34.4 Å². The van der Waals surface area contributed by atoms with Gasteiger partial charge in [-0.15, -0.1) is 0 Å². The van der Waals surface area contributed by atoms with E-state index in [1.165, 1.54) is 19.3 Å². The summed E-state index contributed by atoms with van der Waals surface area (Å²) in [5, 5.41) is 10.4. The van der Waals surface area contributed by atoms with E-state index in [4.69, 9.17) is 19.3 Å². The molecular formula is C24H20F3IN2O8S. The van der Waals surface area contributed by atoms with Crippen molar-refractivity contribution < 1.29 is 51.7 Å². The smallest absolute Gasteiger partial charge is 0.416 e. The molecule has 1 heterocycles. The van der Waals surface area contributed by atoms with E-state index in [2.05, 4.69) is 5.32 Å². The molecule has 0 atom stereocenters. The first-order chi connectivity index (χ1) is 18.3. The molecule has 0 saturated carbocycles. The first-order valence-corrected chi connectivity index (χ1v) is 12.8. The summed E-state index contributed by atoms with van der Waals surface area (Å²) in [7, 11) is 1.21. The van der Waals surface area contributed by atoms with Crippen LogP contribution in [0, 0.1) is 3.57 Å². The first kappa shape index (κ1) is 30.1. The van der Waals surface area contributed by atoms with Gasteiger partial charge < -0.3 is 24.6 Å². The molecule has 3 rings (SSSR count). The highest BCUT2D eigenvalue weighted by molar-refractivity contribution is 14.1. The van der Waals surface area contributed by atoms with Crippen LogP contribution in [0.2, 0.25) is 0 Å². The molecule has 1 fully saturated rings. The van der Waals surface area contributed by atoms with E-state index >= 15 is 0 Å². The van der Waals surface area contributed by atoms with Crippen molar-refractivity contribution in [2.24, 2.45) is 0 Å². The number of hydrogen-bond donors (Lipinski definition) is 2. The number of methoxy groups -OCH3 is 1. The molecule has 39 heavy (non-hydrogen) atoms. The van der Waals surface area contributed by atoms with Crippen LogP contribution in [-0.4, -0.2) is 59.9 Å². The third-order valence-corrected chi connectivity index (χ3v) is 6.65. The molecule has 1 aliphatic rings. The van der Waals surface area contributed by atoms with Gasteiger partial charge in [0.05, 0.1) is 33.4 Å². The SMILES string of the molecule is CCOc1cc(/C=C2\SC(=O)N(CC(=O)Nc3cc(C(F)(F)F)ccc3OC)C2=O)cc(I)c1OCC(=O)O. The van der Waals surface area contributed by atoms with Crippen LogP contribution in [0.15, 0.2) is 35.2 Å². The lowest BCUT2D eigenvalue weighted by atomic mass is 10.1. The fraction of sp³-hybridized carbons (Fsp3) is 0.250. The van der Waals surface area contributed by atoms with E-state index in [-0.39, 0.29) is 34.4 Å². The van der Waals surface area contributed by atoms with E-state index in [9.17, 15) is 32.3 Å². The number of hydrogen-bond acceptors (Lipinski definition) is 8. The van der Waals surface area contributed by atoms with Crippen molar-refractivity contribution >= 4 is 69.1 Å². The number of benzene rings is 2. The summed E-state index contributed by atoms with van der Waals surface area (Å²) in [5.74, 6) is -2.49. The fourth-order valence-electron chi connectivity index (χ4n) is 3.31. The standard InChI is InChI=1S/C24H20F3IN2O8S/c1-3-37-17-7-12(6-14(28)21(17)38-11-20(32)33)8-18-22(34)30(23(35)39-18)10-19(31)29-15-9-13(24(25,26)27)4-5-16(15)36-2/h4-9H,3,10-11H2,1-2H3,(H,29,31)(H,32,33)/b18-8-. The molecular weight excluding hydrogens is 660 g/mol. The van der Waals surface area contributed by atoms with E-state index < -0.39 is 47.9 Å². The molecule has 10 nitrogen and oxygen atoms in total. The topological polar surface area (TPSA) is 131 Å². The second kappa shape index (κ2) is 12.6. The molecule has 2 aromatic carbocycles. The zero-order valence-electron chi connectivity index (χ0n) is 20.3. The molecule has 3 amide bonds. The highest BCUT2D eigenvalue weighted by atomic mass is 127. The van der Waals surface area contributed by atoms with E-state index in [0.29, 0.717) is 31.9 Å². The summed E-state index contributed by atoms with van der Waals surface area (Å²) < 4.78 is 55.5. The van der Waals surface area contributed by atoms with Crippen LogP contribution in [0.4, 0.5) is 23.7 Å². The molecule has 0 aliphatic carbocycles. The van der Waals surface area contributed by atoms with Gasteiger partial charge in [0, 0.05) is 0 Å². The summed E-state index contributed by atoms with van der Waals surface area (Å²) in [6.45, 7) is 0.616. The minimum absolute atomic E-state index is 0.0121. The lowest BCUT2D eigenvalue weighted by molar-refractivity contribution is -0.139. The van der Waals surface area contributed by atoms with Crippen molar-refractivity contribution in [1.82, 2.24) is 4.90 Å². The Morgan fingerprint density at radius 3 is 2.49 bits per heavy atom. The van der Waals surface area contributed by atoms with Gasteiger partial charge in [0.2, 0.25) is 5.91 Å². The van der Waals surface area contributed by atoms with Gasteiger partial charge in [0.25, 0.3) is 11.1 Å². The van der Waals surface area contributed by atoms with Gasteiger partial charge in [-0.3, -0.25) is 19.3 Å². The largest absolute Gasteiger partial charge is 0.495 e. The maximum absolute atomic E-state index is 13.1. The Labute approximate surface area is 237 Å². The number of carbonyl (C=O) groups is 4. The summed E-state index contributed by atoms with van der Waals surface area (Å²) in [4.78, 5) is 49.5. The van der Waals surface area contributed by atoms with Crippen LogP contribution in [0.1, 0.15) is 18.1 Å². The van der Waals surface area contributed by atoms with Crippen LogP contribution in [0.3, 0.4) is 0 Å². The normalized spacial score (nSPS) is 14.5. The summed E-state index contributed by atoms with van der Waals surface area (Å²) in [6, 6.07) is 5.60. The number of ether oxygens (including phenoxy) is 3. The maximum atomic E-state index is 13.1. The van der Waals surface area contributed by atoms with Crippen molar-refractivity contribution in [2.75, 3.05) is 32.2 Å². The van der Waals surface area contributed by atoms with Crippen molar-refractivity contribution in [1.29, 1.82) is 0 Å². The Morgan fingerprint density at radius 2 is 1.87 bits per heavy atom. The lowest BCUT2D eigenvalue weighted by Crippen LogP contribution is -2.36. The fourth-order valence-corrected chi connectivity index (χ4v) is 4.93. The van der Waals surface area contributed by atoms with Crippen LogP contribution in [-0.2, 0) is 20.6 Å². The third kappa shape index (κ3) is 7.56. The number of aliphatic carboxylic acids is 1. The van der Waals surface area contributed by atoms with E-state index in [1.54, 1.807) is 13.0 Å². The van der Waals surface area contributed by atoms with Crippen LogP contribution in [0.25, 0.3) is 6.08 Å². The number of anilines is 1. The summed E-state index contributed by atoms with van der Waals surface area (Å²) >= 11 is 2.48. The molecule has 0 unspecified atom stereocenters. The minimum Gasteiger partial charge on any atom is -0.495 e. The molecule has 2 aromatic rings. The minimum atomic E-state index is -4.66. The van der Waals surface area contributed by atoms with Crippen molar-refractivity contribution in [3.63, 3.8) is 0 Å². The quantitative estimate of drug-likeness (QED) is 0.267.